The summed E-state index contributed by atoms with van der Waals surface area (Å²) < 4.78 is 25.3. The van der Waals surface area contributed by atoms with E-state index in [-0.39, 0.29) is 6.42 Å². The Morgan fingerprint density at radius 1 is 0.808 bits per heavy atom. The number of rotatable bonds is 16. The fraction of sp³-hybridized carbons (Fsp3) is 0.682. The van der Waals surface area contributed by atoms with Crippen LogP contribution in [0.25, 0.3) is 0 Å². The molecule has 1 rings (SSSR count). The van der Waals surface area contributed by atoms with Crippen molar-refractivity contribution in [3.05, 3.63) is 29.8 Å². The Kier molecular flexibility index (Phi) is 11.9. The normalized spacial score (nSPS) is 11.5. The molecule has 0 aliphatic carbocycles. The van der Waals surface area contributed by atoms with Crippen LogP contribution in [-0.4, -0.2) is 18.8 Å². The molecule has 0 bridgehead atoms. The molecule has 0 spiro atoms. The molecule has 26 heavy (non-hydrogen) atoms. The summed E-state index contributed by atoms with van der Waals surface area (Å²) in [6, 6.07) is 7.54. The van der Waals surface area contributed by atoms with Crippen molar-refractivity contribution in [2.24, 2.45) is 0 Å². The zero-order valence-electron chi connectivity index (χ0n) is 16.2. The maximum Gasteiger partial charge on any atom is 0.245 e. The van der Waals surface area contributed by atoms with Gasteiger partial charge in [-0.05, 0) is 44.0 Å². The van der Waals surface area contributed by atoms with Gasteiger partial charge in [0, 0.05) is 24.2 Å². The molecule has 0 radical (unpaired) electrons. The summed E-state index contributed by atoms with van der Waals surface area (Å²) >= 11 is 0. The molecule has 0 atom stereocenters. The highest BCUT2D eigenvalue weighted by molar-refractivity contribution is 5.75. The van der Waals surface area contributed by atoms with E-state index in [1.165, 1.54) is 44.9 Å². The monoisotopic (exact) mass is 367 g/mol. The van der Waals surface area contributed by atoms with Crippen molar-refractivity contribution in [1.29, 1.82) is 0 Å². The molecule has 0 fully saturated rings. The molecule has 0 unspecified atom stereocenters. The molecule has 0 aromatic heterocycles. The molecular weight excluding hydrogens is 332 g/mol. The standard InChI is InChI=1S/C22H35F2NO/c1-22(23,24)17-11-9-7-5-3-2-4-6-8-10-12-18-25-21-15-13-20(19-26)14-16-21/h13-16,19,25H,2-12,17-18H2,1H3. The number of carbonyl (C=O) groups is 1. The summed E-state index contributed by atoms with van der Waals surface area (Å²) in [6.07, 6.45) is 13.5. The van der Waals surface area contributed by atoms with Gasteiger partial charge < -0.3 is 5.32 Å². The van der Waals surface area contributed by atoms with Crippen LogP contribution in [0.15, 0.2) is 24.3 Å². The summed E-state index contributed by atoms with van der Waals surface area (Å²) in [6.45, 7) is 1.98. The molecule has 0 amide bonds. The van der Waals surface area contributed by atoms with Gasteiger partial charge in [0.2, 0.25) is 5.92 Å². The molecule has 0 aliphatic heterocycles. The molecule has 148 valence electrons. The maximum atomic E-state index is 12.6. The average Bonchev–Trinajstić information content (AvgIpc) is 2.61. The second-order valence-electron chi connectivity index (χ2n) is 7.38. The van der Waals surface area contributed by atoms with Gasteiger partial charge in [0.05, 0.1) is 0 Å². The number of benzene rings is 1. The number of nitrogens with one attached hydrogen (secondary N) is 1. The number of aldehydes is 1. The van der Waals surface area contributed by atoms with E-state index in [1.807, 2.05) is 24.3 Å². The predicted molar refractivity (Wildman–Crippen MR) is 106 cm³/mol. The first kappa shape index (κ1) is 22.6. The van der Waals surface area contributed by atoms with Gasteiger partial charge in [0.15, 0.2) is 0 Å². The highest BCUT2D eigenvalue weighted by Crippen LogP contribution is 2.21. The number of halogens is 2. The third-order valence-corrected chi connectivity index (χ3v) is 4.67. The predicted octanol–water partition coefficient (Wildman–Crippen LogP) is 7.25. The maximum absolute atomic E-state index is 12.6. The summed E-state index contributed by atoms with van der Waals surface area (Å²) in [5, 5.41) is 3.38. The molecule has 0 heterocycles. The van der Waals surface area contributed by atoms with Crippen LogP contribution in [0.5, 0.6) is 0 Å². The molecule has 2 nitrogen and oxygen atoms in total. The van der Waals surface area contributed by atoms with E-state index < -0.39 is 5.92 Å². The Hall–Kier alpha value is -1.45. The van der Waals surface area contributed by atoms with E-state index in [9.17, 15) is 13.6 Å². The van der Waals surface area contributed by atoms with Gasteiger partial charge in [-0.15, -0.1) is 0 Å². The van der Waals surface area contributed by atoms with Crippen LogP contribution in [0.1, 0.15) is 94.3 Å². The molecule has 4 heteroatoms. The van der Waals surface area contributed by atoms with Crippen molar-refractivity contribution >= 4 is 12.0 Å². The van der Waals surface area contributed by atoms with Gasteiger partial charge in [-0.25, -0.2) is 8.78 Å². The number of carbonyl (C=O) groups excluding carboxylic acids is 1. The summed E-state index contributed by atoms with van der Waals surface area (Å²) in [7, 11) is 0. The quantitative estimate of drug-likeness (QED) is 0.246. The third kappa shape index (κ3) is 12.8. The van der Waals surface area contributed by atoms with Gasteiger partial charge in [-0.1, -0.05) is 57.8 Å². The molecule has 0 aliphatic rings. The number of hydrogen-bond acceptors (Lipinski definition) is 2. The highest BCUT2D eigenvalue weighted by atomic mass is 19.3. The lowest BCUT2D eigenvalue weighted by Gasteiger charge is -2.09. The van der Waals surface area contributed by atoms with Crippen molar-refractivity contribution in [1.82, 2.24) is 0 Å². The topological polar surface area (TPSA) is 29.1 Å². The minimum atomic E-state index is -2.49. The zero-order chi connectivity index (χ0) is 19.1. The van der Waals surface area contributed by atoms with Crippen LogP contribution in [0.3, 0.4) is 0 Å². The summed E-state index contributed by atoms with van der Waals surface area (Å²) in [4.78, 5) is 10.6. The Morgan fingerprint density at radius 2 is 1.27 bits per heavy atom. The second kappa shape index (κ2) is 13.7. The van der Waals surface area contributed by atoms with Gasteiger partial charge in [0.1, 0.15) is 6.29 Å². The highest BCUT2D eigenvalue weighted by Gasteiger charge is 2.19. The zero-order valence-corrected chi connectivity index (χ0v) is 16.2. The summed E-state index contributed by atoms with van der Waals surface area (Å²) in [5.74, 6) is -2.49. The lowest BCUT2D eigenvalue weighted by atomic mass is 10.0. The first-order valence-corrected chi connectivity index (χ1v) is 10.2. The Labute approximate surface area is 157 Å². The molecule has 0 saturated heterocycles. The smallest absolute Gasteiger partial charge is 0.245 e. The van der Waals surface area contributed by atoms with Crippen LogP contribution in [0.4, 0.5) is 14.5 Å². The van der Waals surface area contributed by atoms with Crippen LogP contribution >= 0.6 is 0 Å². The van der Waals surface area contributed by atoms with Gasteiger partial charge in [0.25, 0.3) is 0 Å². The molecule has 1 aromatic carbocycles. The van der Waals surface area contributed by atoms with Crippen molar-refractivity contribution < 1.29 is 13.6 Å². The fourth-order valence-electron chi connectivity index (χ4n) is 3.06. The number of alkyl halides is 2. The fourth-order valence-corrected chi connectivity index (χ4v) is 3.06. The number of unbranched alkanes of at least 4 members (excludes halogenated alkanes) is 10. The number of hydrogen-bond donors (Lipinski definition) is 1. The van der Waals surface area contributed by atoms with Gasteiger partial charge >= 0.3 is 0 Å². The average molecular weight is 368 g/mol. The SMILES string of the molecule is CC(F)(F)CCCCCCCCCCCCCNc1ccc(C=O)cc1. The molecule has 1 aromatic rings. The van der Waals surface area contributed by atoms with Crippen molar-refractivity contribution in [2.45, 2.75) is 89.9 Å². The van der Waals surface area contributed by atoms with Crippen LogP contribution in [-0.2, 0) is 0 Å². The molecular formula is C22H35F2NO. The Bertz CT molecular complexity index is 468. The number of anilines is 1. The van der Waals surface area contributed by atoms with Crippen molar-refractivity contribution in [3.8, 4) is 0 Å². The van der Waals surface area contributed by atoms with Crippen molar-refractivity contribution in [2.75, 3.05) is 11.9 Å². The largest absolute Gasteiger partial charge is 0.385 e. The lowest BCUT2D eigenvalue weighted by molar-refractivity contribution is 0.0103. The second-order valence-corrected chi connectivity index (χ2v) is 7.38. The Morgan fingerprint density at radius 3 is 1.73 bits per heavy atom. The third-order valence-electron chi connectivity index (χ3n) is 4.67. The lowest BCUT2D eigenvalue weighted by Crippen LogP contribution is -2.08. The van der Waals surface area contributed by atoms with Gasteiger partial charge in [-0.2, -0.15) is 0 Å². The van der Waals surface area contributed by atoms with E-state index in [0.717, 1.165) is 44.7 Å². The van der Waals surface area contributed by atoms with Crippen LogP contribution < -0.4 is 5.32 Å². The van der Waals surface area contributed by atoms with Crippen LogP contribution in [0, 0.1) is 0 Å². The van der Waals surface area contributed by atoms with Gasteiger partial charge in [-0.3, -0.25) is 4.79 Å². The minimum Gasteiger partial charge on any atom is -0.385 e. The minimum absolute atomic E-state index is 0.0336. The molecule has 1 N–H and O–H groups in total. The Balaban J connectivity index is 1.81. The van der Waals surface area contributed by atoms with E-state index in [2.05, 4.69) is 5.32 Å². The van der Waals surface area contributed by atoms with Crippen LogP contribution in [0.2, 0.25) is 0 Å². The first-order chi connectivity index (χ1) is 12.5. The first-order valence-electron chi connectivity index (χ1n) is 10.2. The van der Waals surface area contributed by atoms with Crippen molar-refractivity contribution in [3.63, 3.8) is 0 Å². The molecule has 0 saturated carbocycles. The van der Waals surface area contributed by atoms with E-state index in [0.29, 0.717) is 12.0 Å². The summed E-state index contributed by atoms with van der Waals surface area (Å²) in [5.41, 5.74) is 1.77. The van der Waals surface area contributed by atoms with E-state index in [1.54, 1.807) is 0 Å². The van der Waals surface area contributed by atoms with E-state index in [4.69, 9.17) is 0 Å². The van der Waals surface area contributed by atoms with E-state index >= 15 is 0 Å².